The van der Waals surface area contributed by atoms with Crippen molar-refractivity contribution in [2.75, 3.05) is 0 Å². The Morgan fingerprint density at radius 2 is 1.71 bits per heavy atom. The van der Waals surface area contributed by atoms with E-state index in [1.165, 1.54) is 12.1 Å². The molecule has 0 saturated carbocycles. The van der Waals surface area contributed by atoms with Crippen molar-refractivity contribution in [1.82, 2.24) is 4.72 Å². The molecule has 0 spiro atoms. The second-order valence-electron chi connectivity index (χ2n) is 3.02. The molecule has 0 radical (unpaired) electrons. The van der Waals surface area contributed by atoms with Crippen LogP contribution in [0.2, 0.25) is 0 Å². The lowest BCUT2D eigenvalue weighted by molar-refractivity contribution is 0.0985. The van der Waals surface area contributed by atoms with Crippen LogP contribution in [-0.4, -0.2) is 24.1 Å². The van der Waals surface area contributed by atoms with Gasteiger partial charge < -0.3 is 9.79 Å². The fraction of sp³-hybridized carbons (Fsp3) is 0. The predicted octanol–water partition coefficient (Wildman–Crippen LogP) is -0.844. The molecule has 0 aliphatic carbocycles. The van der Waals surface area contributed by atoms with E-state index >= 15 is 0 Å². The molecule has 17 heavy (non-hydrogen) atoms. The van der Waals surface area contributed by atoms with Crippen LogP contribution in [0.5, 0.6) is 0 Å². The lowest BCUT2D eigenvalue weighted by atomic mass is 10.2. The first-order valence-electron chi connectivity index (χ1n) is 4.11. The second-order valence-corrected chi connectivity index (χ2v) is 5.85. The summed E-state index contributed by atoms with van der Waals surface area (Å²) >= 11 is 0. The van der Waals surface area contributed by atoms with E-state index in [1.807, 2.05) is 4.72 Å². The maximum Gasteiger partial charge on any atom is 0.397 e. The molecule has 0 fully saturated rings. The zero-order chi connectivity index (χ0) is 13.3. The summed E-state index contributed by atoms with van der Waals surface area (Å²) in [6.45, 7) is 0. The number of nitrogens with two attached hydrogens (primary N) is 1. The minimum Gasteiger partial charge on any atom is -0.313 e. The normalized spacial score (nSPS) is 16.5. The fourth-order valence-electron chi connectivity index (χ4n) is 1.12. The van der Waals surface area contributed by atoms with Crippen LogP contribution in [0.25, 0.3) is 0 Å². The molecule has 1 aromatic carbocycles. The molecular formula is C7H9N2O6PS. The Kier molecular flexibility index (Phi) is 3.70. The predicted molar refractivity (Wildman–Crippen MR) is 57.3 cm³/mol. The van der Waals surface area contributed by atoms with Gasteiger partial charge in [0.05, 0.1) is 5.56 Å². The van der Waals surface area contributed by atoms with Crippen LogP contribution in [0.4, 0.5) is 0 Å². The first kappa shape index (κ1) is 13.8. The Balaban J connectivity index is 0.000000249. The highest BCUT2D eigenvalue weighted by Crippen LogP contribution is 2.21. The highest BCUT2D eigenvalue weighted by molar-refractivity contribution is 7.90. The summed E-state index contributed by atoms with van der Waals surface area (Å²) in [6, 6.07) is 6.09. The highest BCUT2D eigenvalue weighted by Gasteiger charge is 2.31. The zero-order valence-electron chi connectivity index (χ0n) is 8.27. The van der Waals surface area contributed by atoms with Crippen LogP contribution in [0, 0.1) is 0 Å². The summed E-state index contributed by atoms with van der Waals surface area (Å²) in [5.74, 6) is -0.550. The van der Waals surface area contributed by atoms with Crippen molar-refractivity contribution >= 4 is 23.7 Å². The number of benzene rings is 1. The molecule has 1 aliphatic rings. The average Bonchev–Trinajstić information content (AvgIpc) is 2.36. The van der Waals surface area contributed by atoms with E-state index in [1.54, 1.807) is 12.1 Å². The number of fused-ring (bicyclic) bond motifs is 1. The minimum atomic E-state index is -4.14. The van der Waals surface area contributed by atoms with Crippen molar-refractivity contribution in [3.63, 3.8) is 0 Å². The van der Waals surface area contributed by atoms with Crippen molar-refractivity contribution in [3.05, 3.63) is 29.8 Å². The Morgan fingerprint density at radius 1 is 1.24 bits per heavy atom. The van der Waals surface area contributed by atoms with Crippen LogP contribution >= 0.6 is 7.75 Å². The van der Waals surface area contributed by atoms with E-state index < -0.39 is 23.7 Å². The summed E-state index contributed by atoms with van der Waals surface area (Å²) < 4.78 is 33.3. The van der Waals surface area contributed by atoms with Gasteiger partial charge in [-0.1, -0.05) is 12.1 Å². The van der Waals surface area contributed by atoms with Gasteiger partial charge in [0.25, 0.3) is 15.9 Å². The van der Waals surface area contributed by atoms with Gasteiger partial charge in [-0.15, -0.1) is 0 Å². The maximum atomic E-state index is 11.1. The van der Waals surface area contributed by atoms with Gasteiger partial charge in [-0.05, 0) is 12.1 Å². The third-order valence-corrected chi connectivity index (χ3v) is 3.04. The van der Waals surface area contributed by atoms with Gasteiger partial charge in [0.2, 0.25) is 0 Å². The first-order valence-corrected chi connectivity index (χ1v) is 7.28. The van der Waals surface area contributed by atoms with E-state index in [9.17, 15) is 13.2 Å². The maximum absolute atomic E-state index is 11.1. The monoisotopic (exact) mass is 280 g/mol. The molecule has 0 atom stereocenters. The molecule has 0 unspecified atom stereocenters. The Labute approximate surface area is 96.7 Å². The van der Waals surface area contributed by atoms with E-state index in [2.05, 4.69) is 5.50 Å². The molecule has 1 aliphatic heterocycles. The smallest absolute Gasteiger partial charge is 0.313 e. The topological polar surface area (TPSA) is 147 Å². The van der Waals surface area contributed by atoms with Crippen molar-refractivity contribution in [2.45, 2.75) is 4.90 Å². The van der Waals surface area contributed by atoms with Crippen LogP contribution in [0.1, 0.15) is 10.4 Å². The average molecular weight is 280 g/mol. The van der Waals surface area contributed by atoms with Crippen molar-refractivity contribution in [2.24, 2.45) is 5.50 Å². The molecule has 94 valence electrons. The zero-order valence-corrected chi connectivity index (χ0v) is 9.98. The largest absolute Gasteiger partial charge is 0.397 e. The third-order valence-electron chi connectivity index (χ3n) is 1.65. The molecule has 10 heteroatoms. The lowest BCUT2D eigenvalue weighted by Gasteiger charge is -1.91. The third kappa shape index (κ3) is 3.91. The highest BCUT2D eigenvalue weighted by atomic mass is 32.2. The quantitative estimate of drug-likeness (QED) is 0.453. The number of sulfonamides is 1. The van der Waals surface area contributed by atoms with E-state index in [0.717, 1.165) is 0 Å². The molecule has 5 N–H and O–H groups in total. The molecule has 0 saturated heterocycles. The van der Waals surface area contributed by atoms with Gasteiger partial charge in [-0.25, -0.2) is 23.2 Å². The number of rotatable bonds is 0. The standard InChI is InChI=1S/C7H5NO3S.H4NO3P/c9-7-5-3-1-2-4-6(5)12(10,11)8-7;1-5(2,3)4/h1-4H,(H,8,9);(H4,1,2,3,4). The molecule has 1 amide bonds. The molecule has 0 bridgehead atoms. The van der Waals surface area contributed by atoms with Crippen molar-refractivity contribution < 1.29 is 27.6 Å². The van der Waals surface area contributed by atoms with E-state index in [4.69, 9.17) is 14.4 Å². The summed E-state index contributed by atoms with van der Waals surface area (Å²) in [7, 11) is -7.69. The van der Waals surface area contributed by atoms with Gasteiger partial charge in [-0.3, -0.25) is 4.79 Å². The van der Waals surface area contributed by atoms with Crippen LogP contribution in [0.3, 0.4) is 0 Å². The van der Waals surface area contributed by atoms with Crippen LogP contribution < -0.4 is 10.2 Å². The molecule has 1 heterocycles. The molecule has 2 rings (SSSR count). The van der Waals surface area contributed by atoms with Crippen molar-refractivity contribution in [1.29, 1.82) is 0 Å². The van der Waals surface area contributed by atoms with Crippen LogP contribution in [0.15, 0.2) is 29.2 Å². The Morgan fingerprint density at radius 3 is 2.18 bits per heavy atom. The SMILES string of the molecule is NP(=O)(O)O.O=C1NS(=O)(=O)c2ccccc21. The summed E-state index contributed by atoms with van der Waals surface area (Å²) in [4.78, 5) is 25.9. The lowest BCUT2D eigenvalue weighted by Crippen LogP contribution is -2.20. The van der Waals surface area contributed by atoms with E-state index in [-0.39, 0.29) is 10.5 Å². The minimum absolute atomic E-state index is 0.0648. The van der Waals surface area contributed by atoms with Crippen molar-refractivity contribution in [3.8, 4) is 0 Å². The Hall–Kier alpha value is -1.25. The van der Waals surface area contributed by atoms with Gasteiger partial charge in [0.15, 0.2) is 0 Å². The summed E-state index contributed by atoms with van der Waals surface area (Å²) in [5.41, 5.74) is 4.24. The number of hydrogen-bond donors (Lipinski definition) is 4. The summed E-state index contributed by atoms with van der Waals surface area (Å²) in [6.07, 6.45) is 0. The fourth-order valence-corrected chi connectivity index (χ4v) is 2.29. The van der Waals surface area contributed by atoms with Gasteiger partial charge in [0, 0.05) is 0 Å². The van der Waals surface area contributed by atoms with E-state index in [0.29, 0.717) is 0 Å². The number of carbonyl (C=O) groups excluding carboxylic acids is 1. The number of hydrogen-bond acceptors (Lipinski definition) is 4. The van der Waals surface area contributed by atoms with Gasteiger partial charge in [0.1, 0.15) is 4.90 Å². The number of amides is 1. The number of carbonyl (C=O) groups is 1. The number of nitrogens with one attached hydrogen (secondary N) is 1. The first-order chi connectivity index (χ1) is 7.61. The van der Waals surface area contributed by atoms with Crippen LogP contribution in [-0.2, 0) is 14.6 Å². The van der Waals surface area contributed by atoms with Gasteiger partial charge in [-0.2, -0.15) is 0 Å². The molecule has 0 aromatic heterocycles. The van der Waals surface area contributed by atoms with Gasteiger partial charge >= 0.3 is 7.75 Å². The summed E-state index contributed by atoms with van der Waals surface area (Å²) in [5, 5.41) is 0. The Bertz CT molecular complexity index is 584. The molecule has 8 nitrogen and oxygen atoms in total. The molecular weight excluding hydrogens is 271 g/mol. The molecule has 1 aromatic rings. The second kappa shape index (κ2) is 4.55.